The van der Waals surface area contributed by atoms with Gasteiger partial charge in [-0.25, -0.2) is 4.79 Å². The molecule has 0 saturated heterocycles. The predicted molar refractivity (Wildman–Crippen MR) is 98.5 cm³/mol. The van der Waals surface area contributed by atoms with Crippen LogP contribution in [0.5, 0.6) is 0 Å². The lowest BCUT2D eigenvalue weighted by molar-refractivity contribution is -0.116. The fraction of sp³-hybridized carbons (Fsp3) is 0.263. The highest BCUT2D eigenvalue weighted by Crippen LogP contribution is 2.16. The number of alkyl halides is 1. The Kier molecular flexibility index (Phi) is 7.49. The molecule has 0 fully saturated rings. The molecule has 0 unspecified atom stereocenters. The van der Waals surface area contributed by atoms with Crippen molar-refractivity contribution < 1.29 is 14.3 Å². The minimum absolute atomic E-state index is 0.126. The van der Waals surface area contributed by atoms with Crippen LogP contribution in [0.1, 0.15) is 18.4 Å². The van der Waals surface area contributed by atoms with Crippen molar-refractivity contribution in [3.8, 4) is 0 Å². The first kappa shape index (κ1) is 18.2. The summed E-state index contributed by atoms with van der Waals surface area (Å²) in [5.41, 5.74) is 1.70. The van der Waals surface area contributed by atoms with Gasteiger partial charge in [-0.3, -0.25) is 9.69 Å². The molecule has 0 heterocycles. The molecule has 1 amide bonds. The maximum atomic E-state index is 12.5. The molecular weight excluding hydrogens is 370 g/mol. The summed E-state index contributed by atoms with van der Waals surface area (Å²) < 4.78 is 5.42. The van der Waals surface area contributed by atoms with Gasteiger partial charge in [0.1, 0.15) is 12.4 Å². The van der Waals surface area contributed by atoms with Crippen molar-refractivity contribution in [2.45, 2.75) is 19.4 Å². The second-order valence-corrected chi connectivity index (χ2v) is 5.86. The molecule has 0 atom stereocenters. The maximum Gasteiger partial charge on any atom is 0.414 e. The van der Waals surface area contributed by atoms with Gasteiger partial charge in [0.05, 0.1) is 5.33 Å². The number of hydrogen-bond acceptors (Lipinski definition) is 3. The Hall–Kier alpha value is -2.14. The van der Waals surface area contributed by atoms with Crippen LogP contribution in [0.2, 0.25) is 0 Å². The first-order chi connectivity index (χ1) is 11.7. The van der Waals surface area contributed by atoms with Gasteiger partial charge in [-0.2, -0.15) is 0 Å². The molecule has 0 N–H and O–H groups in total. The Balaban J connectivity index is 1.98. The van der Waals surface area contributed by atoms with E-state index in [2.05, 4.69) is 15.9 Å². The highest BCUT2D eigenvalue weighted by molar-refractivity contribution is 9.09. The maximum absolute atomic E-state index is 12.5. The van der Waals surface area contributed by atoms with Crippen molar-refractivity contribution in [2.24, 2.45) is 0 Å². The van der Waals surface area contributed by atoms with Crippen LogP contribution in [0.3, 0.4) is 0 Å². The summed E-state index contributed by atoms with van der Waals surface area (Å²) in [6.45, 7) is 0.666. The van der Waals surface area contributed by atoms with Gasteiger partial charge in [0.25, 0.3) is 0 Å². The second kappa shape index (κ2) is 9.88. The van der Waals surface area contributed by atoms with Crippen molar-refractivity contribution in [1.82, 2.24) is 0 Å². The number of ketones is 1. The number of rotatable bonds is 8. The molecule has 0 aromatic heterocycles. The SMILES string of the molecule is O=C(CBr)CCCN(C(=O)OCc1ccccc1)c1ccccc1. The summed E-state index contributed by atoms with van der Waals surface area (Å²) in [5.74, 6) is 0.126. The first-order valence-electron chi connectivity index (χ1n) is 7.81. The molecule has 4 nitrogen and oxygen atoms in total. The van der Waals surface area contributed by atoms with Crippen LogP contribution in [-0.4, -0.2) is 23.8 Å². The molecule has 0 bridgehead atoms. The number of anilines is 1. The molecule has 2 aromatic carbocycles. The number of benzene rings is 2. The number of Topliss-reactive ketones (excluding diaryl/α,β-unsaturated/α-hetero) is 1. The first-order valence-corrected chi connectivity index (χ1v) is 8.94. The highest BCUT2D eigenvalue weighted by Gasteiger charge is 2.17. The zero-order chi connectivity index (χ0) is 17.2. The Morgan fingerprint density at radius 2 is 1.58 bits per heavy atom. The summed E-state index contributed by atoms with van der Waals surface area (Å²) >= 11 is 3.15. The average molecular weight is 390 g/mol. The van der Waals surface area contributed by atoms with Crippen LogP contribution in [0.4, 0.5) is 10.5 Å². The third-order valence-electron chi connectivity index (χ3n) is 3.48. The van der Waals surface area contributed by atoms with Crippen molar-refractivity contribution >= 4 is 33.5 Å². The van der Waals surface area contributed by atoms with E-state index in [9.17, 15) is 9.59 Å². The summed E-state index contributed by atoms with van der Waals surface area (Å²) in [7, 11) is 0. The van der Waals surface area contributed by atoms with Gasteiger partial charge in [0.2, 0.25) is 0 Å². The Labute approximate surface area is 150 Å². The topological polar surface area (TPSA) is 46.6 Å². The van der Waals surface area contributed by atoms with Gasteiger partial charge < -0.3 is 4.74 Å². The summed E-state index contributed by atoms with van der Waals surface area (Å²) in [4.78, 5) is 25.5. The van der Waals surface area contributed by atoms with Crippen molar-refractivity contribution in [3.63, 3.8) is 0 Å². The molecule has 5 heteroatoms. The predicted octanol–water partition coefficient (Wildman–Crippen LogP) is 4.57. The minimum atomic E-state index is -0.406. The van der Waals surface area contributed by atoms with E-state index >= 15 is 0 Å². The van der Waals surface area contributed by atoms with Gasteiger partial charge >= 0.3 is 6.09 Å². The Bertz CT molecular complexity index is 646. The number of carbonyl (C=O) groups excluding carboxylic acids is 2. The molecule has 0 spiro atoms. The van der Waals surface area contributed by atoms with Crippen LogP contribution in [0.25, 0.3) is 0 Å². The van der Waals surface area contributed by atoms with Crippen molar-refractivity contribution in [1.29, 1.82) is 0 Å². The van der Waals surface area contributed by atoms with E-state index in [1.54, 1.807) is 4.90 Å². The molecule has 24 heavy (non-hydrogen) atoms. The minimum Gasteiger partial charge on any atom is -0.444 e. The monoisotopic (exact) mass is 389 g/mol. The molecule has 0 aliphatic rings. The largest absolute Gasteiger partial charge is 0.444 e. The summed E-state index contributed by atoms with van der Waals surface area (Å²) in [6.07, 6.45) is 0.622. The van der Waals surface area contributed by atoms with Crippen LogP contribution >= 0.6 is 15.9 Å². The lowest BCUT2D eigenvalue weighted by atomic mass is 10.2. The van der Waals surface area contributed by atoms with Gasteiger partial charge in [-0.05, 0) is 24.1 Å². The number of carbonyl (C=O) groups is 2. The van der Waals surface area contributed by atoms with Gasteiger partial charge in [0.15, 0.2) is 0 Å². The van der Waals surface area contributed by atoms with E-state index in [-0.39, 0.29) is 12.4 Å². The fourth-order valence-corrected chi connectivity index (χ4v) is 2.51. The number of ether oxygens (including phenoxy) is 1. The van der Waals surface area contributed by atoms with E-state index in [0.29, 0.717) is 24.7 Å². The lowest BCUT2D eigenvalue weighted by Gasteiger charge is -2.22. The van der Waals surface area contributed by atoms with E-state index in [1.165, 1.54) is 0 Å². The van der Waals surface area contributed by atoms with Crippen LogP contribution in [0.15, 0.2) is 60.7 Å². The third kappa shape index (κ3) is 5.81. The highest BCUT2D eigenvalue weighted by atomic mass is 79.9. The van der Waals surface area contributed by atoms with Crippen LogP contribution in [-0.2, 0) is 16.1 Å². The molecule has 2 aromatic rings. The van der Waals surface area contributed by atoms with Crippen molar-refractivity contribution in [3.05, 3.63) is 66.2 Å². The van der Waals surface area contributed by atoms with Gasteiger partial charge in [-0.15, -0.1) is 0 Å². The fourth-order valence-electron chi connectivity index (χ4n) is 2.23. The average Bonchev–Trinajstić information content (AvgIpc) is 2.64. The Morgan fingerprint density at radius 3 is 2.21 bits per heavy atom. The van der Waals surface area contributed by atoms with Crippen molar-refractivity contribution in [2.75, 3.05) is 16.8 Å². The molecule has 0 aliphatic carbocycles. The quantitative estimate of drug-likeness (QED) is 0.621. The number of nitrogens with zero attached hydrogens (tertiary/aromatic N) is 1. The molecular formula is C19H20BrNO3. The molecule has 0 saturated carbocycles. The standard InChI is InChI=1S/C19H20BrNO3/c20-14-18(22)12-7-13-21(17-10-5-2-6-11-17)19(23)24-15-16-8-3-1-4-9-16/h1-6,8-11H,7,12-15H2. The normalized spacial score (nSPS) is 10.2. The molecule has 0 radical (unpaired) electrons. The van der Waals surface area contributed by atoms with E-state index in [4.69, 9.17) is 4.74 Å². The van der Waals surface area contributed by atoms with Crippen LogP contribution < -0.4 is 4.90 Å². The molecule has 126 valence electrons. The summed E-state index contributed by atoms with van der Waals surface area (Å²) in [6, 6.07) is 18.9. The Morgan fingerprint density at radius 1 is 0.958 bits per heavy atom. The van der Waals surface area contributed by atoms with E-state index in [1.807, 2.05) is 60.7 Å². The second-order valence-electron chi connectivity index (χ2n) is 5.30. The number of amides is 1. The lowest BCUT2D eigenvalue weighted by Crippen LogP contribution is -2.32. The van der Waals surface area contributed by atoms with Gasteiger partial charge in [-0.1, -0.05) is 64.5 Å². The smallest absolute Gasteiger partial charge is 0.414 e. The molecule has 0 aliphatic heterocycles. The van der Waals surface area contributed by atoms with Gasteiger partial charge in [0, 0.05) is 18.7 Å². The number of hydrogen-bond donors (Lipinski definition) is 0. The number of halogens is 1. The number of para-hydroxylation sites is 1. The zero-order valence-corrected chi connectivity index (χ0v) is 14.9. The molecule has 2 rings (SSSR count). The van der Waals surface area contributed by atoms with Crippen LogP contribution in [0, 0.1) is 0 Å². The van der Waals surface area contributed by atoms with E-state index < -0.39 is 6.09 Å². The van der Waals surface area contributed by atoms with E-state index in [0.717, 1.165) is 11.3 Å². The third-order valence-corrected chi connectivity index (χ3v) is 4.11. The zero-order valence-electron chi connectivity index (χ0n) is 13.4. The summed E-state index contributed by atoms with van der Waals surface area (Å²) in [5, 5.41) is 0.344.